The Labute approximate surface area is 185 Å². The monoisotopic (exact) mass is 463 g/mol. The fourth-order valence-corrected chi connectivity index (χ4v) is 3.76. The van der Waals surface area contributed by atoms with E-state index in [9.17, 15) is 28.1 Å². The van der Waals surface area contributed by atoms with Crippen LogP contribution in [0.5, 0.6) is 0 Å². The number of rotatable bonds is 10. The fourth-order valence-electron chi connectivity index (χ4n) is 2.69. The third-order valence-corrected chi connectivity index (χ3v) is 5.78. The van der Waals surface area contributed by atoms with E-state index < -0.39 is 32.9 Å². The van der Waals surface area contributed by atoms with Crippen LogP contribution in [0, 0.1) is 16.0 Å². The molecule has 0 aliphatic heterocycles. The van der Waals surface area contributed by atoms with E-state index in [0.717, 1.165) is 6.07 Å². The smallest absolute Gasteiger partial charge is 0.319 e. The lowest BCUT2D eigenvalue weighted by atomic mass is 10.0. The average Bonchev–Trinajstić information content (AvgIpc) is 2.75. The maximum atomic E-state index is 12.5. The highest BCUT2D eigenvalue weighted by atomic mass is 32.2. The summed E-state index contributed by atoms with van der Waals surface area (Å²) in [4.78, 5) is 34.5. The van der Waals surface area contributed by atoms with Gasteiger partial charge in [0.2, 0.25) is 15.9 Å². The van der Waals surface area contributed by atoms with Crippen LogP contribution in [0.2, 0.25) is 0 Å². The zero-order valence-electron chi connectivity index (χ0n) is 17.6. The van der Waals surface area contributed by atoms with Gasteiger partial charge in [-0.15, -0.1) is 0 Å². The predicted molar refractivity (Wildman–Crippen MR) is 119 cm³/mol. The topological polar surface area (TPSA) is 160 Å². The summed E-state index contributed by atoms with van der Waals surface area (Å²) < 4.78 is 26.9. The van der Waals surface area contributed by atoms with Crippen molar-refractivity contribution in [2.45, 2.75) is 24.8 Å². The molecule has 4 N–H and O–H groups in total. The maximum Gasteiger partial charge on any atom is 0.319 e. The maximum absolute atomic E-state index is 12.5. The van der Waals surface area contributed by atoms with Crippen molar-refractivity contribution in [3.8, 4) is 0 Å². The lowest BCUT2D eigenvalue weighted by Crippen LogP contribution is -2.51. The van der Waals surface area contributed by atoms with Gasteiger partial charge in [-0.2, -0.15) is 0 Å². The van der Waals surface area contributed by atoms with Crippen molar-refractivity contribution >= 4 is 33.3 Å². The lowest BCUT2D eigenvalue weighted by molar-refractivity contribution is -0.385. The molecule has 0 saturated carbocycles. The Morgan fingerprint density at radius 1 is 1.03 bits per heavy atom. The van der Waals surface area contributed by atoms with Crippen molar-refractivity contribution in [3.63, 3.8) is 0 Å². The highest BCUT2D eigenvalue weighted by molar-refractivity contribution is 7.89. The second-order valence-electron chi connectivity index (χ2n) is 7.13. The van der Waals surface area contributed by atoms with E-state index in [4.69, 9.17) is 0 Å². The van der Waals surface area contributed by atoms with Gasteiger partial charge in [-0.3, -0.25) is 14.9 Å². The summed E-state index contributed by atoms with van der Waals surface area (Å²) in [5, 5.41) is 18.6. The van der Waals surface area contributed by atoms with E-state index in [1.165, 1.54) is 18.2 Å². The molecule has 12 heteroatoms. The lowest BCUT2D eigenvalue weighted by Gasteiger charge is -2.22. The number of benzene rings is 2. The van der Waals surface area contributed by atoms with Crippen LogP contribution >= 0.6 is 0 Å². The van der Waals surface area contributed by atoms with E-state index in [1.807, 2.05) is 0 Å². The number of nitrogens with one attached hydrogen (secondary N) is 4. The second kappa shape index (κ2) is 11.2. The SMILES string of the molecule is CC(C)C(NC(=O)Nc1ccccc1)C(=O)NCCNS(=O)(=O)c1cccc([N+](=O)[O-])c1. The molecule has 0 radical (unpaired) electrons. The molecule has 2 aromatic rings. The summed E-state index contributed by atoms with van der Waals surface area (Å²) in [6.07, 6.45) is 0. The minimum absolute atomic E-state index is 0.0435. The van der Waals surface area contributed by atoms with Gasteiger partial charge in [0.15, 0.2) is 0 Å². The molecule has 0 aliphatic carbocycles. The molecule has 1 atom stereocenters. The molecule has 0 bridgehead atoms. The van der Waals surface area contributed by atoms with Crippen LogP contribution in [0.25, 0.3) is 0 Å². The first-order valence-corrected chi connectivity index (χ1v) is 11.2. The first-order chi connectivity index (χ1) is 15.1. The van der Waals surface area contributed by atoms with E-state index in [1.54, 1.807) is 44.2 Å². The second-order valence-corrected chi connectivity index (χ2v) is 8.90. The van der Waals surface area contributed by atoms with Crippen molar-refractivity contribution in [3.05, 3.63) is 64.7 Å². The Balaban J connectivity index is 1.87. The Bertz CT molecular complexity index is 1060. The first-order valence-electron chi connectivity index (χ1n) is 9.74. The first kappa shape index (κ1) is 24.8. The zero-order valence-corrected chi connectivity index (χ0v) is 18.4. The number of para-hydroxylation sites is 1. The Morgan fingerprint density at radius 2 is 1.72 bits per heavy atom. The largest absolute Gasteiger partial charge is 0.353 e. The van der Waals surface area contributed by atoms with Gasteiger partial charge in [-0.05, 0) is 24.1 Å². The van der Waals surface area contributed by atoms with Crippen LogP contribution in [0.4, 0.5) is 16.2 Å². The molecular formula is C20H25N5O6S. The summed E-state index contributed by atoms with van der Waals surface area (Å²) >= 11 is 0. The average molecular weight is 464 g/mol. The third-order valence-electron chi connectivity index (χ3n) is 4.32. The molecule has 32 heavy (non-hydrogen) atoms. The molecule has 0 aromatic heterocycles. The molecule has 0 aliphatic rings. The Morgan fingerprint density at radius 3 is 2.34 bits per heavy atom. The quantitative estimate of drug-likeness (QED) is 0.239. The van der Waals surface area contributed by atoms with Crippen molar-refractivity contribution in [1.82, 2.24) is 15.4 Å². The minimum Gasteiger partial charge on any atom is -0.353 e. The van der Waals surface area contributed by atoms with E-state index in [-0.39, 0.29) is 29.6 Å². The number of nitro groups is 1. The summed E-state index contributed by atoms with van der Waals surface area (Å²) in [6.45, 7) is 3.34. The van der Waals surface area contributed by atoms with Gasteiger partial charge in [0.25, 0.3) is 5.69 Å². The van der Waals surface area contributed by atoms with Crippen LogP contribution in [-0.4, -0.2) is 44.4 Å². The molecule has 0 heterocycles. The number of nitrogens with zero attached hydrogens (tertiary/aromatic N) is 1. The molecule has 0 saturated heterocycles. The molecule has 0 fully saturated rings. The number of hydrogen-bond donors (Lipinski definition) is 4. The van der Waals surface area contributed by atoms with E-state index in [2.05, 4.69) is 20.7 Å². The van der Waals surface area contributed by atoms with Crippen molar-refractivity contribution < 1.29 is 22.9 Å². The van der Waals surface area contributed by atoms with E-state index in [0.29, 0.717) is 5.69 Å². The molecule has 1 unspecified atom stereocenters. The van der Waals surface area contributed by atoms with Crippen LogP contribution in [-0.2, 0) is 14.8 Å². The molecule has 2 aromatic carbocycles. The Hall–Kier alpha value is -3.51. The molecule has 11 nitrogen and oxygen atoms in total. The summed E-state index contributed by atoms with van der Waals surface area (Å²) in [6, 6.07) is 12.0. The number of urea groups is 1. The highest BCUT2D eigenvalue weighted by Gasteiger charge is 2.24. The summed E-state index contributed by atoms with van der Waals surface area (Å²) in [7, 11) is -3.99. The normalized spacial score (nSPS) is 12.1. The fraction of sp³-hybridized carbons (Fsp3) is 0.300. The van der Waals surface area contributed by atoms with Gasteiger partial charge in [0, 0.05) is 30.9 Å². The van der Waals surface area contributed by atoms with Crippen LogP contribution in [0.3, 0.4) is 0 Å². The standard InChI is InChI=1S/C20H25N5O6S/c1-14(2)18(24-20(27)23-15-7-4-3-5-8-15)19(26)21-11-12-22-32(30,31)17-10-6-9-16(13-17)25(28)29/h3-10,13-14,18,22H,11-12H2,1-2H3,(H,21,26)(H2,23,24,27). The number of nitro benzene ring substituents is 1. The Kier molecular flexibility index (Phi) is 8.67. The minimum atomic E-state index is -3.99. The van der Waals surface area contributed by atoms with Crippen LogP contribution < -0.4 is 20.7 Å². The third kappa shape index (κ3) is 7.32. The number of anilines is 1. The van der Waals surface area contributed by atoms with Gasteiger partial charge < -0.3 is 16.0 Å². The summed E-state index contributed by atoms with van der Waals surface area (Å²) in [5.41, 5.74) is 0.226. The van der Waals surface area contributed by atoms with Crippen molar-refractivity contribution in [1.29, 1.82) is 0 Å². The number of sulfonamides is 1. The van der Waals surface area contributed by atoms with Crippen LogP contribution in [0.15, 0.2) is 59.5 Å². The number of carbonyl (C=O) groups excluding carboxylic acids is 2. The predicted octanol–water partition coefficient (Wildman–Crippen LogP) is 1.84. The van der Waals surface area contributed by atoms with Gasteiger partial charge in [-0.25, -0.2) is 17.9 Å². The highest BCUT2D eigenvalue weighted by Crippen LogP contribution is 2.16. The molecular weight excluding hydrogens is 438 g/mol. The number of amides is 3. The van der Waals surface area contributed by atoms with Crippen LogP contribution in [0.1, 0.15) is 13.8 Å². The number of non-ortho nitro benzene ring substituents is 1. The molecule has 0 spiro atoms. The van der Waals surface area contributed by atoms with Crippen molar-refractivity contribution in [2.75, 3.05) is 18.4 Å². The van der Waals surface area contributed by atoms with Gasteiger partial charge in [0.05, 0.1) is 9.82 Å². The number of hydrogen-bond acceptors (Lipinski definition) is 6. The van der Waals surface area contributed by atoms with Crippen molar-refractivity contribution in [2.24, 2.45) is 5.92 Å². The number of carbonyl (C=O) groups is 2. The van der Waals surface area contributed by atoms with Gasteiger partial charge >= 0.3 is 6.03 Å². The molecule has 2 rings (SSSR count). The molecule has 3 amide bonds. The van der Waals surface area contributed by atoms with Gasteiger partial charge in [-0.1, -0.05) is 38.1 Å². The zero-order chi connectivity index (χ0) is 23.7. The van der Waals surface area contributed by atoms with E-state index >= 15 is 0 Å². The molecule has 172 valence electrons. The summed E-state index contributed by atoms with van der Waals surface area (Å²) in [5.74, 6) is -0.698. The van der Waals surface area contributed by atoms with Gasteiger partial charge in [0.1, 0.15) is 6.04 Å².